The Bertz CT molecular complexity index is 984. The zero-order valence-corrected chi connectivity index (χ0v) is 17.2. The Morgan fingerprint density at radius 2 is 2.07 bits per heavy atom. The fourth-order valence-corrected chi connectivity index (χ4v) is 4.18. The van der Waals surface area contributed by atoms with Gasteiger partial charge >= 0.3 is 0 Å². The van der Waals surface area contributed by atoms with Crippen LogP contribution in [0.25, 0.3) is 6.08 Å². The van der Waals surface area contributed by atoms with Gasteiger partial charge in [0.1, 0.15) is 0 Å². The van der Waals surface area contributed by atoms with Crippen LogP contribution in [0.3, 0.4) is 0 Å². The average molecular weight is 410 g/mol. The van der Waals surface area contributed by atoms with Crippen molar-refractivity contribution in [2.24, 2.45) is 0 Å². The third-order valence-corrected chi connectivity index (χ3v) is 6.09. The minimum absolute atomic E-state index is 0.0179. The highest BCUT2D eigenvalue weighted by atomic mass is 32.1. The molecule has 3 aromatic heterocycles. The molecule has 29 heavy (non-hydrogen) atoms. The SMILES string of the molecule is Cc1nc(Nc2nccnc2C2CCN(C(=O)C=Cc3cnc[nH]3)CC2)sc1C. The zero-order chi connectivity index (χ0) is 20.2. The van der Waals surface area contributed by atoms with Crippen LogP contribution in [0.5, 0.6) is 0 Å². The Labute approximate surface area is 173 Å². The molecule has 1 aliphatic heterocycles. The lowest BCUT2D eigenvalue weighted by Crippen LogP contribution is -2.37. The van der Waals surface area contributed by atoms with Crippen molar-refractivity contribution in [2.45, 2.75) is 32.6 Å². The van der Waals surface area contributed by atoms with Gasteiger partial charge in [0, 0.05) is 42.4 Å². The van der Waals surface area contributed by atoms with E-state index < -0.39 is 0 Å². The first kappa shape index (κ1) is 19.3. The number of anilines is 2. The molecule has 1 aliphatic rings. The number of hydrogen-bond acceptors (Lipinski definition) is 7. The molecular weight excluding hydrogens is 386 g/mol. The van der Waals surface area contributed by atoms with Crippen LogP contribution in [0.1, 0.15) is 40.7 Å². The largest absolute Gasteiger partial charge is 0.345 e. The second kappa shape index (κ2) is 8.52. The van der Waals surface area contributed by atoms with E-state index in [-0.39, 0.29) is 11.8 Å². The summed E-state index contributed by atoms with van der Waals surface area (Å²) in [6.45, 7) is 5.45. The number of aryl methyl sites for hydroxylation is 2. The molecule has 0 aliphatic carbocycles. The highest BCUT2D eigenvalue weighted by Crippen LogP contribution is 2.33. The molecule has 3 aromatic rings. The van der Waals surface area contributed by atoms with Gasteiger partial charge in [-0.3, -0.25) is 9.78 Å². The molecule has 1 fully saturated rings. The standard InChI is InChI=1S/C20H23N7OS/c1-13-14(2)29-20(25-13)26-19-18(22-7-8-23-19)15-5-9-27(10-6-15)17(28)4-3-16-11-21-12-24-16/h3-4,7-8,11-12,15H,5-6,9-10H2,1-2H3,(H,21,24)(H,23,25,26). The minimum Gasteiger partial charge on any atom is -0.345 e. The maximum absolute atomic E-state index is 12.4. The molecule has 0 radical (unpaired) electrons. The van der Waals surface area contributed by atoms with Crippen LogP contribution in [0, 0.1) is 13.8 Å². The number of rotatable bonds is 5. The Morgan fingerprint density at radius 1 is 1.28 bits per heavy atom. The van der Waals surface area contributed by atoms with Gasteiger partial charge in [-0.15, -0.1) is 11.3 Å². The Morgan fingerprint density at radius 3 is 2.76 bits per heavy atom. The van der Waals surface area contributed by atoms with E-state index in [9.17, 15) is 4.79 Å². The first-order valence-electron chi connectivity index (χ1n) is 9.57. The van der Waals surface area contributed by atoms with Gasteiger partial charge in [-0.1, -0.05) is 0 Å². The van der Waals surface area contributed by atoms with Crippen LogP contribution in [-0.4, -0.2) is 48.8 Å². The van der Waals surface area contributed by atoms with Crippen LogP contribution in [0.2, 0.25) is 0 Å². The summed E-state index contributed by atoms with van der Waals surface area (Å²) in [5, 5.41) is 4.17. The number of aromatic amines is 1. The molecule has 2 N–H and O–H groups in total. The van der Waals surface area contributed by atoms with Gasteiger partial charge in [-0.05, 0) is 32.8 Å². The third kappa shape index (κ3) is 4.51. The van der Waals surface area contributed by atoms with Crippen LogP contribution < -0.4 is 5.32 Å². The van der Waals surface area contributed by atoms with E-state index in [1.165, 1.54) is 4.88 Å². The zero-order valence-electron chi connectivity index (χ0n) is 16.4. The summed E-state index contributed by atoms with van der Waals surface area (Å²) in [5.41, 5.74) is 2.78. The summed E-state index contributed by atoms with van der Waals surface area (Å²) in [6, 6.07) is 0. The molecule has 0 spiro atoms. The number of thiazole rings is 1. The summed E-state index contributed by atoms with van der Waals surface area (Å²) in [5.74, 6) is 1.03. The van der Waals surface area contributed by atoms with Gasteiger partial charge in [-0.25, -0.2) is 15.0 Å². The van der Waals surface area contributed by atoms with Crippen molar-refractivity contribution in [3.63, 3.8) is 0 Å². The fraction of sp³-hybridized carbons (Fsp3) is 0.350. The molecule has 1 saturated heterocycles. The smallest absolute Gasteiger partial charge is 0.246 e. The van der Waals surface area contributed by atoms with Crippen molar-refractivity contribution in [1.82, 2.24) is 29.8 Å². The maximum atomic E-state index is 12.4. The molecule has 1 amide bonds. The van der Waals surface area contributed by atoms with Crippen LogP contribution in [0.15, 0.2) is 31.0 Å². The number of H-pyrrole nitrogens is 1. The van der Waals surface area contributed by atoms with Crippen molar-refractivity contribution >= 4 is 34.3 Å². The van der Waals surface area contributed by atoms with E-state index in [2.05, 4.69) is 37.2 Å². The average Bonchev–Trinajstić information content (AvgIpc) is 3.36. The van der Waals surface area contributed by atoms with E-state index >= 15 is 0 Å². The summed E-state index contributed by atoms with van der Waals surface area (Å²) < 4.78 is 0. The van der Waals surface area contributed by atoms with Gasteiger partial charge < -0.3 is 15.2 Å². The normalized spacial score (nSPS) is 15.2. The number of nitrogens with zero attached hydrogens (tertiary/aromatic N) is 5. The molecule has 8 nitrogen and oxygen atoms in total. The topological polar surface area (TPSA) is 99.7 Å². The molecular formula is C20H23N7OS. The van der Waals surface area contributed by atoms with E-state index in [0.29, 0.717) is 13.1 Å². The predicted octanol–water partition coefficient (Wildman–Crippen LogP) is 3.44. The fourth-order valence-electron chi connectivity index (χ4n) is 3.37. The monoisotopic (exact) mass is 409 g/mol. The molecule has 4 heterocycles. The Hall–Kier alpha value is -3.07. The van der Waals surface area contributed by atoms with Crippen molar-refractivity contribution in [2.75, 3.05) is 18.4 Å². The van der Waals surface area contributed by atoms with Crippen molar-refractivity contribution in [3.05, 3.63) is 53.0 Å². The molecule has 0 bridgehead atoms. The second-order valence-corrected chi connectivity index (χ2v) is 8.22. The second-order valence-electron chi connectivity index (χ2n) is 7.02. The minimum atomic E-state index is 0.0179. The van der Waals surface area contributed by atoms with Gasteiger partial charge in [0.25, 0.3) is 0 Å². The molecule has 0 unspecified atom stereocenters. The van der Waals surface area contributed by atoms with Crippen molar-refractivity contribution in [3.8, 4) is 0 Å². The molecule has 4 rings (SSSR count). The predicted molar refractivity (Wildman–Crippen MR) is 113 cm³/mol. The van der Waals surface area contributed by atoms with Gasteiger partial charge in [0.05, 0.1) is 29.6 Å². The van der Waals surface area contributed by atoms with E-state index in [1.807, 2.05) is 11.8 Å². The van der Waals surface area contributed by atoms with E-state index in [4.69, 9.17) is 0 Å². The number of amides is 1. The molecule has 0 saturated carbocycles. The maximum Gasteiger partial charge on any atom is 0.246 e. The van der Waals surface area contributed by atoms with Crippen molar-refractivity contribution in [1.29, 1.82) is 0 Å². The lowest BCUT2D eigenvalue weighted by Gasteiger charge is -2.31. The number of nitrogens with one attached hydrogen (secondary N) is 2. The van der Waals surface area contributed by atoms with Gasteiger partial charge in [-0.2, -0.15) is 0 Å². The Kier molecular flexibility index (Phi) is 5.66. The number of carbonyl (C=O) groups is 1. The number of piperidine rings is 1. The van der Waals surface area contributed by atoms with E-state index in [0.717, 1.165) is 40.9 Å². The molecule has 9 heteroatoms. The summed E-state index contributed by atoms with van der Waals surface area (Å²) in [4.78, 5) is 36.0. The summed E-state index contributed by atoms with van der Waals surface area (Å²) in [6.07, 6.45) is 11.8. The Balaban J connectivity index is 1.40. The highest BCUT2D eigenvalue weighted by molar-refractivity contribution is 7.15. The lowest BCUT2D eigenvalue weighted by molar-refractivity contribution is -0.126. The van der Waals surface area contributed by atoms with Crippen molar-refractivity contribution < 1.29 is 4.79 Å². The molecule has 0 aromatic carbocycles. The van der Waals surface area contributed by atoms with Gasteiger partial charge in [0.15, 0.2) is 10.9 Å². The number of imidazole rings is 1. The van der Waals surface area contributed by atoms with Crippen LogP contribution >= 0.6 is 11.3 Å². The van der Waals surface area contributed by atoms with Crippen LogP contribution in [0.4, 0.5) is 10.9 Å². The third-order valence-electron chi connectivity index (χ3n) is 5.10. The van der Waals surface area contributed by atoms with Gasteiger partial charge in [0.2, 0.25) is 5.91 Å². The number of likely N-dealkylation sites (tertiary alicyclic amines) is 1. The first-order valence-corrected chi connectivity index (χ1v) is 10.4. The van der Waals surface area contributed by atoms with Crippen LogP contribution in [-0.2, 0) is 4.79 Å². The number of aromatic nitrogens is 5. The summed E-state index contributed by atoms with van der Waals surface area (Å²) >= 11 is 1.62. The highest BCUT2D eigenvalue weighted by Gasteiger charge is 2.26. The molecule has 0 atom stereocenters. The first-order chi connectivity index (χ1) is 14.1. The molecule has 150 valence electrons. The quantitative estimate of drug-likeness (QED) is 0.626. The number of carbonyl (C=O) groups excluding carboxylic acids is 1. The lowest BCUT2D eigenvalue weighted by atomic mass is 9.93. The summed E-state index contributed by atoms with van der Waals surface area (Å²) in [7, 11) is 0. The van der Waals surface area contributed by atoms with E-state index in [1.54, 1.807) is 48.4 Å². The number of hydrogen-bond donors (Lipinski definition) is 2.